The van der Waals surface area contributed by atoms with Gasteiger partial charge in [0, 0.05) is 12.8 Å². The van der Waals surface area contributed by atoms with Crippen molar-refractivity contribution in [3.8, 4) is 5.75 Å². The van der Waals surface area contributed by atoms with E-state index in [9.17, 15) is 24.2 Å². The summed E-state index contributed by atoms with van der Waals surface area (Å²) < 4.78 is 25.0. The molecule has 0 spiro atoms. The van der Waals surface area contributed by atoms with Crippen LogP contribution in [0.15, 0.2) is 66.3 Å². The van der Waals surface area contributed by atoms with Gasteiger partial charge in [-0.25, -0.2) is 9.18 Å². The second-order valence-corrected chi connectivity index (χ2v) is 9.97. The Labute approximate surface area is 215 Å². The molecule has 0 saturated carbocycles. The molecule has 0 radical (unpaired) electrons. The monoisotopic (exact) mass is 512 g/mol. The first-order valence-electron chi connectivity index (χ1n) is 12.1. The van der Waals surface area contributed by atoms with Gasteiger partial charge in [-0.1, -0.05) is 50.3 Å². The van der Waals surface area contributed by atoms with Gasteiger partial charge >= 0.3 is 12.1 Å². The molecular weight excluding hydrogens is 479 g/mol. The molecule has 2 aromatic carbocycles. The number of aryl methyl sites for hydroxylation is 1. The van der Waals surface area contributed by atoms with Crippen molar-refractivity contribution in [3.63, 3.8) is 0 Å². The number of aliphatic carboxylic acids is 1. The van der Waals surface area contributed by atoms with Crippen molar-refractivity contribution in [1.29, 1.82) is 0 Å². The molecule has 1 aliphatic rings. The van der Waals surface area contributed by atoms with Crippen LogP contribution in [0.4, 0.5) is 9.18 Å². The smallest absolute Gasteiger partial charge is 0.481 e. The molecule has 3 rings (SSSR count). The van der Waals surface area contributed by atoms with Gasteiger partial charge in [0.1, 0.15) is 17.7 Å². The molecule has 0 unspecified atom stereocenters. The van der Waals surface area contributed by atoms with Gasteiger partial charge < -0.3 is 24.8 Å². The second kappa shape index (κ2) is 12.2. The van der Waals surface area contributed by atoms with Crippen LogP contribution in [0.1, 0.15) is 50.7 Å². The largest absolute Gasteiger partial charge is 0.514 e. The molecule has 0 aliphatic heterocycles. The first-order valence-corrected chi connectivity index (χ1v) is 12.1. The number of halogens is 1. The normalized spacial score (nSPS) is 18.9. The van der Waals surface area contributed by atoms with E-state index in [1.54, 1.807) is 49.4 Å². The lowest BCUT2D eigenvalue weighted by molar-refractivity contribution is -0.139. The maximum atomic E-state index is 14.0. The number of carboxylic acids is 1. The number of hydrogen-bond acceptors (Lipinski definition) is 6. The quantitative estimate of drug-likeness (QED) is 0.303. The molecule has 1 aliphatic carbocycles. The highest BCUT2D eigenvalue weighted by atomic mass is 19.1. The van der Waals surface area contributed by atoms with Crippen LogP contribution < -0.4 is 4.74 Å². The highest BCUT2D eigenvalue weighted by molar-refractivity contribution is 5.74. The van der Waals surface area contributed by atoms with E-state index in [4.69, 9.17) is 14.6 Å². The fourth-order valence-electron chi connectivity index (χ4n) is 4.61. The molecule has 3 N–H and O–H groups in total. The minimum Gasteiger partial charge on any atom is -0.481 e. The summed E-state index contributed by atoms with van der Waals surface area (Å²) in [5, 5.41) is 29.1. The zero-order valence-electron chi connectivity index (χ0n) is 21.2. The molecule has 0 saturated heterocycles. The molecule has 37 heavy (non-hydrogen) atoms. The van der Waals surface area contributed by atoms with Gasteiger partial charge in [0.05, 0.1) is 18.6 Å². The maximum Gasteiger partial charge on any atom is 0.514 e. The topological polar surface area (TPSA) is 113 Å². The maximum absolute atomic E-state index is 14.0. The summed E-state index contributed by atoms with van der Waals surface area (Å²) in [4.78, 5) is 23.3. The predicted octanol–water partition coefficient (Wildman–Crippen LogP) is 5.43. The third-order valence-corrected chi connectivity index (χ3v) is 6.35. The number of aliphatic hydroxyl groups is 2. The van der Waals surface area contributed by atoms with Gasteiger partial charge in [0.2, 0.25) is 0 Å². The summed E-state index contributed by atoms with van der Waals surface area (Å²) in [6.45, 7) is 5.63. The van der Waals surface area contributed by atoms with Gasteiger partial charge in [-0.2, -0.15) is 0 Å². The molecule has 0 fully saturated rings. The lowest BCUT2D eigenvalue weighted by Gasteiger charge is -2.38. The predicted molar refractivity (Wildman–Crippen MR) is 136 cm³/mol. The molecule has 3 atom stereocenters. The molecular formula is C29H33FO7. The zero-order valence-corrected chi connectivity index (χ0v) is 21.2. The summed E-state index contributed by atoms with van der Waals surface area (Å²) in [5.41, 5.74) is 2.41. The van der Waals surface area contributed by atoms with Gasteiger partial charge in [-0.15, -0.1) is 0 Å². The van der Waals surface area contributed by atoms with E-state index in [0.29, 0.717) is 24.2 Å². The molecule has 0 aromatic heterocycles. The van der Waals surface area contributed by atoms with Gasteiger partial charge in [-0.05, 0) is 65.3 Å². The summed E-state index contributed by atoms with van der Waals surface area (Å²) in [7, 11) is 0. The average Bonchev–Trinajstić information content (AvgIpc) is 2.79. The first-order chi connectivity index (χ1) is 17.4. The number of carbonyl (C=O) groups is 2. The van der Waals surface area contributed by atoms with E-state index < -0.39 is 42.3 Å². The number of carboxylic acid groups (broad SMARTS) is 1. The Morgan fingerprint density at radius 2 is 1.86 bits per heavy atom. The molecule has 0 amide bonds. The van der Waals surface area contributed by atoms with E-state index in [2.05, 4.69) is 0 Å². The second-order valence-electron chi connectivity index (χ2n) is 9.97. The van der Waals surface area contributed by atoms with Crippen molar-refractivity contribution in [2.75, 3.05) is 0 Å². The Bertz CT molecular complexity index is 1170. The molecule has 7 nitrogen and oxygen atoms in total. The van der Waals surface area contributed by atoms with Gasteiger partial charge in [0.15, 0.2) is 0 Å². The van der Waals surface area contributed by atoms with Crippen LogP contribution in [0.25, 0.3) is 5.57 Å². The fraction of sp³-hybridized carbons (Fsp3) is 0.379. The molecule has 8 heteroatoms. The number of allylic oxidation sites excluding steroid dienone is 2. The summed E-state index contributed by atoms with van der Waals surface area (Å²) in [5.74, 6) is -1.11. The van der Waals surface area contributed by atoms with Crippen molar-refractivity contribution in [1.82, 2.24) is 0 Å². The Balaban J connectivity index is 1.88. The number of carbonyl (C=O) groups excluding carboxylic acids is 1. The SMILES string of the molecule is Cc1cc(C2=C(/C=C/[C@@H](O)C[C@@H](O)CC(=O)O)C(C)(C)C[C@@H](OC(=O)Oc3ccccc3)C2)ccc1F. The van der Waals surface area contributed by atoms with Gasteiger partial charge in [0.25, 0.3) is 0 Å². The summed E-state index contributed by atoms with van der Waals surface area (Å²) >= 11 is 0. The number of ether oxygens (including phenoxy) is 2. The van der Waals surface area contributed by atoms with Crippen LogP contribution in [0.5, 0.6) is 5.75 Å². The number of para-hydroxylation sites is 1. The molecule has 0 heterocycles. The van der Waals surface area contributed by atoms with Crippen molar-refractivity contribution in [2.45, 2.75) is 64.8 Å². The Morgan fingerprint density at radius 3 is 2.51 bits per heavy atom. The number of rotatable bonds is 9. The lowest BCUT2D eigenvalue weighted by atomic mass is 9.69. The molecule has 0 bridgehead atoms. The molecule has 2 aromatic rings. The van der Waals surface area contributed by atoms with E-state index in [1.165, 1.54) is 12.1 Å². The number of aliphatic hydroxyl groups excluding tert-OH is 2. The van der Waals surface area contributed by atoms with Crippen LogP contribution in [0.3, 0.4) is 0 Å². The van der Waals surface area contributed by atoms with E-state index in [0.717, 1.165) is 16.7 Å². The summed E-state index contributed by atoms with van der Waals surface area (Å²) in [6.07, 6.45) is -0.0751. The van der Waals surface area contributed by atoms with Crippen LogP contribution in [-0.4, -0.2) is 45.8 Å². The zero-order chi connectivity index (χ0) is 27.2. The van der Waals surface area contributed by atoms with Crippen LogP contribution in [-0.2, 0) is 9.53 Å². The van der Waals surface area contributed by atoms with Crippen LogP contribution in [0, 0.1) is 18.2 Å². The standard InChI is InChI=1S/C29H33FO7/c1-18-13-19(9-12-26(18)30)24-16-23(37-28(35)36-22-7-5-4-6-8-22)17-29(2,3)25(24)11-10-20(31)14-21(32)15-27(33)34/h4-13,20-21,23,31-32H,14-17H2,1-3H3,(H,33,34)/b11-10+/t20-,21-,23+/m1/s1. The lowest BCUT2D eigenvalue weighted by Crippen LogP contribution is -2.33. The fourth-order valence-corrected chi connectivity index (χ4v) is 4.61. The highest BCUT2D eigenvalue weighted by Gasteiger charge is 2.36. The Morgan fingerprint density at radius 1 is 1.16 bits per heavy atom. The molecule has 198 valence electrons. The number of benzene rings is 2. The van der Waals surface area contributed by atoms with E-state index in [1.807, 2.05) is 19.9 Å². The Hall–Kier alpha value is -3.49. The minimum atomic E-state index is -1.18. The highest BCUT2D eigenvalue weighted by Crippen LogP contribution is 2.46. The number of hydrogen-bond donors (Lipinski definition) is 3. The third-order valence-electron chi connectivity index (χ3n) is 6.35. The van der Waals surface area contributed by atoms with Crippen molar-refractivity contribution >= 4 is 17.7 Å². The van der Waals surface area contributed by atoms with Crippen molar-refractivity contribution in [2.24, 2.45) is 5.41 Å². The first kappa shape index (κ1) is 28.1. The van der Waals surface area contributed by atoms with Gasteiger partial charge in [-0.3, -0.25) is 4.79 Å². The third kappa shape index (κ3) is 8.00. The summed E-state index contributed by atoms with van der Waals surface area (Å²) in [6, 6.07) is 13.4. The van der Waals surface area contributed by atoms with E-state index in [-0.39, 0.29) is 12.2 Å². The van der Waals surface area contributed by atoms with Crippen molar-refractivity contribution in [3.05, 3.63) is 83.2 Å². The van der Waals surface area contributed by atoms with E-state index >= 15 is 0 Å². The van der Waals surface area contributed by atoms with Crippen LogP contribution in [0.2, 0.25) is 0 Å². The minimum absolute atomic E-state index is 0.126. The Kier molecular flexibility index (Phi) is 9.23. The average molecular weight is 513 g/mol. The van der Waals surface area contributed by atoms with Crippen LogP contribution >= 0.6 is 0 Å². The van der Waals surface area contributed by atoms with Crippen molar-refractivity contribution < 1.29 is 38.8 Å².